The molecule has 0 aliphatic carbocycles. The molecule has 1 atom stereocenters. The number of hydrogen-bond donors (Lipinski definition) is 1. The third-order valence-electron chi connectivity index (χ3n) is 4.41. The van der Waals surface area contributed by atoms with Gasteiger partial charge in [-0.25, -0.2) is 12.7 Å². The van der Waals surface area contributed by atoms with Crippen LogP contribution in [0.4, 0.5) is 0 Å². The average molecular weight is 353 g/mol. The highest BCUT2D eigenvalue weighted by Crippen LogP contribution is 2.20. The molecule has 0 aromatic heterocycles. The zero-order valence-electron chi connectivity index (χ0n) is 14.4. The van der Waals surface area contributed by atoms with E-state index in [1.807, 2.05) is 37.3 Å². The van der Waals surface area contributed by atoms with Crippen molar-refractivity contribution in [1.29, 1.82) is 0 Å². The van der Waals surface area contributed by atoms with Gasteiger partial charge in [0, 0.05) is 19.6 Å². The zero-order chi connectivity index (χ0) is 17.4. The van der Waals surface area contributed by atoms with Gasteiger partial charge in [0.2, 0.25) is 15.9 Å². The summed E-state index contributed by atoms with van der Waals surface area (Å²) in [5.74, 6) is -0.0826. The van der Waals surface area contributed by atoms with E-state index in [1.165, 1.54) is 4.31 Å². The predicted octanol–water partition coefficient (Wildman–Crippen LogP) is 2.19. The minimum absolute atomic E-state index is 0.0129. The van der Waals surface area contributed by atoms with Crippen LogP contribution in [0.25, 0.3) is 0 Å². The fourth-order valence-electron chi connectivity index (χ4n) is 3.03. The lowest BCUT2D eigenvalue weighted by molar-refractivity contribution is -0.126. The molecule has 5 nitrogen and oxygen atoms in total. The van der Waals surface area contributed by atoms with E-state index in [-0.39, 0.29) is 17.6 Å². The Morgan fingerprint density at radius 3 is 2.75 bits per heavy atom. The van der Waals surface area contributed by atoms with Gasteiger partial charge in [-0.3, -0.25) is 4.79 Å². The van der Waals surface area contributed by atoms with Crippen LogP contribution < -0.4 is 5.32 Å². The minimum Gasteiger partial charge on any atom is -0.356 e. The van der Waals surface area contributed by atoms with Crippen LogP contribution in [0.15, 0.2) is 30.3 Å². The first-order valence-corrected chi connectivity index (χ1v) is 10.4. The van der Waals surface area contributed by atoms with E-state index in [1.54, 1.807) is 0 Å². The number of amides is 1. The molecule has 1 aromatic carbocycles. The van der Waals surface area contributed by atoms with Gasteiger partial charge in [0.05, 0.1) is 11.7 Å². The standard InChI is InChI=1S/C18H28N2O3S/c1-2-12-19-18(21)17-11-6-13-20(15-17)24(22,23)14-7-10-16-8-4-3-5-9-16/h3-5,8-9,17H,2,6-7,10-15H2,1H3,(H,19,21). The van der Waals surface area contributed by atoms with Crippen molar-refractivity contribution in [3.8, 4) is 0 Å². The molecule has 1 amide bonds. The minimum atomic E-state index is -3.29. The van der Waals surface area contributed by atoms with Gasteiger partial charge in [-0.15, -0.1) is 0 Å². The first-order chi connectivity index (χ1) is 11.5. The highest BCUT2D eigenvalue weighted by Gasteiger charge is 2.31. The van der Waals surface area contributed by atoms with E-state index in [0.29, 0.717) is 26.1 Å². The van der Waals surface area contributed by atoms with Crippen molar-refractivity contribution in [2.45, 2.75) is 39.0 Å². The van der Waals surface area contributed by atoms with Crippen molar-refractivity contribution in [3.05, 3.63) is 35.9 Å². The molecule has 1 unspecified atom stereocenters. The first kappa shape index (κ1) is 18.9. The summed E-state index contributed by atoms with van der Waals surface area (Å²) in [5.41, 5.74) is 1.16. The van der Waals surface area contributed by atoms with Crippen LogP contribution in [-0.4, -0.2) is 44.0 Å². The number of carbonyl (C=O) groups is 1. The van der Waals surface area contributed by atoms with Gasteiger partial charge in [-0.1, -0.05) is 37.3 Å². The summed E-state index contributed by atoms with van der Waals surface area (Å²) in [6.45, 7) is 3.51. The van der Waals surface area contributed by atoms with Crippen LogP contribution >= 0.6 is 0 Å². The molecule has 0 radical (unpaired) electrons. The molecule has 0 spiro atoms. The van der Waals surface area contributed by atoms with Crippen LogP contribution in [0, 0.1) is 5.92 Å². The topological polar surface area (TPSA) is 66.5 Å². The van der Waals surface area contributed by atoms with Crippen LogP contribution in [-0.2, 0) is 21.2 Å². The Bertz CT molecular complexity index is 616. The molecule has 1 aliphatic heterocycles. The molecular weight excluding hydrogens is 324 g/mol. The lowest BCUT2D eigenvalue weighted by Gasteiger charge is -2.31. The van der Waals surface area contributed by atoms with Gasteiger partial charge >= 0.3 is 0 Å². The summed E-state index contributed by atoms with van der Waals surface area (Å²) in [4.78, 5) is 12.1. The molecule has 6 heteroatoms. The largest absolute Gasteiger partial charge is 0.356 e. The second-order valence-electron chi connectivity index (χ2n) is 6.39. The Labute approximate surface area is 145 Å². The summed E-state index contributed by atoms with van der Waals surface area (Å²) in [6, 6.07) is 9.92. The molecular formula is C18H28N2O3S. The molecule has 1 aliphatic rings. The maximum absolute atomic E-state index is 12.6. The highest BCUT2D eigenvalue weighted by molar-refractivity contribution is 7.89. The van der Waals surface area contributed by atoms with E-state index in [4.69, 9.17) is 0 Å². The van der Waals surface area contributed by atoms with Crippen molar-refractivity contribution < 1.29 is 13.2 Å². The maximum atomic E-state index is 12.6. The van der Waals surface area contributed by atoms with E-state index in [9.17, 15) is 13.2 Å². The quantitative estimate of drug-likeness (QED) is 0.780. The molecule has 1 aromatic rings. The number of benzene rings is 1. The van der Waals surface area contributed by atoms with Crippen LogP contribution in [0.1, 0.15) is 38.2 Å². The van der Waals surface area contributed by atoms with E-state index in [2.05, 4.69) is 5.32 Å². The number of rotatable bonds is 8. The van der Waals surface area contributed by atoms with Crippen molar-refractivity contribution in [2.24, 2.45) is 5.92 Å². The van der Waals surface area contributed by atoms with Crippen LogP contribution in [0.3, 0.4) is 0 Å². The van der Waals surface area contributed by atoms with Gasteiger partial charge < -0.3 is 5.32 Å². The molecule has 2 rings (SSSR count). The first-order valence-electron chi connectivity index (χ1n) is 8.82. The van der Waals surface area contributed by atoms with E-state index < -0.39 is 10.0 Å². The molecule has 1 saturated heterocycles. The third-order valence-corrected chi connectivity index (χ3v) is 6.33. The summed E-state index contributed by atoms with van der Waals surface area (Å²) < 4.78 is 26.6. The molecule has 1 fully saturated rings. The van der Waals surface area contributed by atoms with Crippen LogP contribution in [0.2, 0.25) is 0 Å². The van der Waals surface area contributed by atoms with Crippen molar-refractivity contribution in [3.63, 3.8) is 0 Å². The summed E-state index contributed by atoms with van der Waals surface area (Å²) in [7, 11) is -3.29. The van der Waals surface area contributed by atoms with Crippen molar-refractivity contribution >= 4 is 15.9 Å². The summed E-state index contributed by atoms with van der Waals surface area (Å²) in [5, 5.41) is 2.88. The fourth-order valence-corrected chi connectivity index (χ4v) is 4.62. The maximum Gasteiger partial charge on any atom is 0.224 e. The average Bonchev–Trinajstić information content (AvgIpc) is 2.60. The number of hydrogen-bond acceptors (Lipinski definition) is 3. The van der Waals surface area contributed by atoms with Crippen molar-refractivity contribution in [1.82, 2.24) is 9.62 Å². The third kappa shape index (κ3) is 5.60. The number of nitrogens with zero attached hydrogens (tertiary/aromatic N) is 1. The fraction of sp³-hybridized carbons (Fsp3) is 0.611. The van der Waals surface area contributed by atoms with Gasteiger partial charge in [-0.2, -0.15) is 0 Å². The number of carbonyl (C=O) groups excluding carboxylic acids is 1. The van der Waals surface area contributed by atoms with E-state index >= 15 is 0 Å². The number of sulfonamides is 1. The van der Waals surface area contributed by atoms with Crippen molar-refractivity contribution in [2.75, 3.05) is 25.4 Å². The van der Waals surface area contributed by atoms with Gasteiger partial charge in [0.25, 0.3) is 0 Å². The second kappa shape index (κ2) is 9.18. The Balaban J connectivity index is 1.85. The SMILES string of the molecule is CCCNC(=O)C1CCCN(S(=O)(=O)CCCc2ccccc2)C1. The smallest absolute Gasteiger partial charge is 0.224 e. The highest BCUT2D eigenvalue weighted by atomic mass is 32.2. The molecule has 0 saturated carbocycles. The molecule has 1 N–H and O–H groups in total. The number of piperidine rings is 1. The van der Waals surface area contributed by atoms with Crippen LogP contribution in [0.5, 0.6) is 0 Å². The zero-order valence-corrected chi connectivity index (χ0v) is 15.2. The Hall–Kier alpha value is -1.40. The molecule has 1 heterocycles. The Morgan fingerprint density at radius 1 is 1.29 bits per heavy atom. The Kier molecular flexibility index (Phi) is 7.24. The monoisotopic (exact) mass is 352 g/mol. The lowest BCUT2D eigenvalue weighted by Crippen LogP contribution is -2.46. The predicted molar refractivity (Wildman–Crippen MR) is 96.1 cm³/mol. The molecule has 24 heavy (non-hydrogen) atoms. The molecule has 134 valence electrons. The number of nitrogens with one attached hydrogen (secondary N) is 1. The normalized spacial score (nSPS) is 19.1. The van der Waals surface area contributed by atoms with Gasteiger partial charge in [0.1, 0.15) is 0 Å². The Morgan fingerprint density at radius 2 is 2.04 bits per heavy atom. The number of aryl methyl sites for hydroxylation is 1. The lowest BCUT2D eigenvalue weighted by atomic mass is 9.99. The van der Waals surface area contributed by atoms with Gasteiger partial charge in [0.15, 0.2) is 0 Å². The van der Waals surface area contributed by atoms with Gasteiger partial charge in [-0.05, 0) is 37.7 Å². The van der Waals surface area contributed by atoms with E-state index in [0.717, 1.165) is 31.2 Å². The molecule has 0 bridgehead atoms. The second-order valence-corrected chi connectivity index (χ2v) is 8.48. The summed E-state index contributed by atoms with van der Waals surface area (Å²) in [6.07, 6.45) is 3.78. The summed E-state index contributed by atoms with van der Waals surface area (Å²) >= 11 is 0.